The molecule has 0 saturated heterocycles. The van der Waals surface area contributed by atoms with Gasteiger partial charge in [0.25, 0.3) is 0 Å². The molecule has 0 aliphatic heterocycles. The van der Waals surface area contributed by atoms with Crippen molar-refractivity contribution in [2.24, 2.45) is 0 Å². The maximum atomic E-state index is 5.67. The number of oxazole rings is 1. The number of halogens is 1. The van der Waals surface area contributed by atoms with Crippen molar-refractivity contribution in [3.63, 3.8) is 0 Å². The van der Waals surface area contributed by atoms with Crippen LogP contribution in [0.15, 0.2) is 34.9 Å². The predicted molar refractivity (Wildman–Crippen MR) is 67.1 cm³/mol. The molecule has 0 saturated carbocycles. The zero-order valence-corrected chi connectivity index (χ0v) is 10.4. The lowest BCUT2D eigenvalue weighted by molar-refractivity contribution is 0.415. The number of alkyl halides is 1. The van der Waals surface area contributed by atoms with E-state index in [0.717, 1.165) is 17.1 Å². The monoisotopic (exact) mass is 252 g/mol. The fourth-order valence-corrected chi connectivity index (χ4v) is 1.55. The first-order valence-electron chi connectivity index (χ1n) is 5.12. The molecule has 5 heteroatoms. The van der Waals surface area contributed by atoms with Gasteiger partial charge in [0.2, 0.25) is 0 Å². The van der Waals surface area contributed by atoms with Gasteiger partial charge in [-0.15, -0.1) is 11.6 Å². The van der Waals surface area contributed by atoms with E-state index in [1.54, 1.807) is 13.4 Å². The molecule has 1 aromatic carbocycles. The van der Waals surface area contributed by atoms with Gasteiger partial charge in [-0.1, -0.05) is 0 Å². The van der Waals surface area contributed by atoms with Crippen LogP contribution in [0.5, 0.6) is 5.75 Å². The van der Waals surface area contributed by atoms with Gasteiger partial charge in [-0.05, 0) is 24.3 Å². The van der Waals surface area contributed by atoms with Gasteiger partial charge in [-0.2, -0.15) is 4.98 Å². The summed E-state index contributed by atoms with van der Waals surface area (Å²) in [7, 11) is 3.52. The number of rotatable bonds is 4. The number of anilines is 2. The molecule has 0 fully saturated rings. The summed E-state index contributed by atoms with van der Waals surface area (Å²) >= 11 is 5.67. The van der Waals surface area contributed by atoms with Crippen LogP contribution in [0.3, 0.4) is 0 Å². The molecule has 1 heterocycles. The Balaban J connectivity index is 2.20. The Morgan fingerprint density at radius 2 is 2.06 bits per heavy atom. The molecule has 2 rings (SSSR count). The molecule has 0 spiro atoms. The molecular formula is C12H13ClN2O2. The topological polar surface area (TPSA) is 38.5 Å². The number of methoxy groups -OCH3 is 1. The number of hydrogen-bond acceptors (Lipinski definition) is 4. The molecule has 17 heavy (non-hydrogen) atoms. The molecule has 0 radical (unpaired) electrons. The molecule has 2 aromatic rings. The summed E-state index contributed by atoms with van der Waals surface area (Å²) in [5, 5.41) is 0. The Morgan fingerprint density at radius 3 is 2.59 bits per heavy atom. The van der Waals surface area contributed by atoms with Crippen LogP contribution < -0.4 is 9.64 Å². The van der Waals surface area contributed by atoms with Crippen molar-refractivity contribution >= 4 is 23.3 Å². The number of aromatic nitrogens is 1. The minimum Gasteiger partial charge on any atom is -0.497 e. The van der Waals surface area contributed by atoms with E-state index in [2.05, 4.69) is 4.98 Å². The van der Waals surface area contributed by atoms with Gasteiger partial charge in [0, 0.05) is 12.7 Å². The zero-order chi connectivity index (χ0) is 12.3. The standard InChI is InChI=1S/C12H13ClN2O2/c1-15(12-14-9(7-13)8-17-12)10-3-5-11(16-2)6-4-10/h3-6,8H,7H2,1-2H3. The summed E-state index contributed by atoms with van der Waals surface area (Å²) in [6.45, 7) is 0. The van der Waals surface area contributed by atoms with Crippen LogP contribution in [0.25, 0.3) is 0 Å². The highest BCUT2D eigenvalue weighted by molar-refractivity contribution is 6.16. The molecule has 0 aliphatic carbocycles. The maximum absolute atomic E-state index is 5.67. The molecule has 0 bridgehead atoms. The minimum absolute atomic E-state index is 0.347. The third-order valence-electron chi connectivity index (χ3n) is 2.42. The number of ether oxygens (including phenoxy) is 1. The van der Waals surface area contributed by atoms with Gasteiger partial charge >= 0.3 is 6.01 Å². The highest BCUT2D eigenvalue weighted by Gasteiger charge is 2.10. The lowest BCUT2D eigenvalue weighted by Gasteiger charge is -2.14. The molecule has 0 amide bonds. The van der Waals surface area contributed by atoms with Crippen molar-refractivity contribution in [3.05, 3.63) is 36.2 Å². The normalized spacial score (nSPS) is 10.3. The van der Waals surface area contributed by atoms with Gasteiger partial charge < -0.3 is 9.15 Å². The van der Waals surface area contributed by atoms with Gasteiger partial charge in [0.05, 0.1) is 18.7 Å². The molecule has 1 aromatic heterocycles. The lowest BCUT2D eigenvalue weighted by atomic mass is 10.3. The predicted octanol–water partition coefficient (Wildman–Crippen LogP) is 3.19. The number of hydrogen-bond donors (Lipinski definition) is 0. The number of nitrogens with zero attached hydrogens (tertiary/aromatic N) is 2. The van der Waals surface area contributed by atoms with Gasteiger partial charge in [-0.25, -0.2) is 0 Å². The van der Waals surface area contributed by atoms with Crippen LogP contribution in [0, 0.1) is 0 Å². The van der Waals surface area contributed by atoms with Crippen molar-refractivity contribution < 1.29 is 9.15 Å². The summed E-state index contributed by atoms with van der Waals surface area (Å²) < 4.78 is 10.4. The van der Waals surface area contributed by atoms with E-state index in [1.807, 2.05) is 36.2 Å². The minimum atomic E-state index is 0.347. The number of benzene rings is 1. The summed E-state index contributed by atoms with van der Waals surface area (Å²) in [4.78, 5) is 6.09. The highest BCUT2D eigenvalue weighted by Crippen LogP contribution is 2.25. The van der Waals surface area contributed by atoms with Crippen molar-refractivity contribution in [3.8, 4) is 5.75 Å². The van der Waals surface area contributed by atoms with E-state index in [4.69, 9.17) is 20.8 Å². The molecule has 90 valence electrons. The second-order valence-electron chi connectivity index (χ2n) is 3.51. The maximum Gasteiger partial charge on any atom is 0.301 e. The Morgan fingerprint density at radius 1 is 1.35 bits per heavy atom. The Kier molecular flexibility index (Phi) is 3.54. The van der Waals surface area contributed by atoms with E-state index in [9.17, 15) is 0 Å². The Hall–Kier alpha value is -1.68. The fourth-order valence-electron chi connectivity index (χ4n) is 1.43. The van der Waals surface area contributed by atoms with Crippen molar-refractivity contribution in [1.82, 2.24) is 4.98 Å². The molecule has 0 unspecified atom stereocenters. The third-order valence-corrected chi connectivity index (χ3v) is 2.70. The molecule has 4 nitrogen and oxygen atoms in total. The van der Waals surface area contributed by atoms with Crippen molar-refractivity contribution in [2.75, 3.05) is 19.1 Å². The van der Waals surface area contributed by atoms with E-state index in [0.29, 0.717) is 11.9 Å². The van der Waals surface area contributed by atoms with Gasteiger partial charge in [-0.3, -0.25) is 4.90 Å². The third kappa shape index (κ3) is 2.53. The van der Waals surface area contributed by atoms with Crippen LogP contribution in [-0.2, 0) is 5.88 Å². The van der Waals surface area contributed by atoms with Gasteiger partial charge in [0.15, 0.2) is 0 Å². The first-order valence-corrected chi connectivity index (χ1v) is 5.66. The average molecular weight is 253 g/mol. The van der Waals surface area contributed by atoms with E-state index in [1.165, 1.54) is 0 Å². The summed E-state index contributed by atoms with van der Waals surface area (Å²) in [6.07, 6.45) is 1.56. The fraction of sp³-hybridized carbons (Fsp3) is 0.250. The van der Waals surface area contributed by atoms with Crippen LogP contribution in [-0.4, -0.2) is 19.1 Å². The summed E-state index contributed by atoms with van der Waals surface area (Å²) in [5.41, 5.74) is 1.69. The first kappa shape index (κ1) is 11.8. The quantitative estimate of drug-likeness (QED) is 0.784. The average Bonchev–Trinajstić information content (AvgIpc) is 2.87. The van der Waals surface area contributed by atoms with E-state index < -0.39 is 0 Å². The highest BCUT2D eigenvalue weighted by atomic mass is 35.5. The van der Waals surface area contributed by atoms with Crippen molar-refractivity contribution in [1.29, 1.82) is 0 Å². The Labute approximate surface area is 105 Å². The molecule has 0 atom stereocenters. The Bertz CT molecular complexity index is 482. The second kappa shape index (κ2) is 5.10. The molecular weight excluding hydrogens is 240 g/mol. The first-order chi connectivity index (χ1) is 8.24. The smallest absolute Gasteiger partial charge is 0.301 e. The summed E-state index contributed by atoms with van der Waals surface area (Å²) in [5.74, 6) is 1.16. The van der Waals surface area contributed by atoms with Crippen molar-refractivity contribution in [2.45, 2.75) is 5.88 Å². The van der Waals surface area contributed by atoms with Crippen LogP contribution in [0.2, 0.25) is 0 Å². The largest absolute Gasteiger partial charge is 0.497 e. The van der Waals surface area contributed by atoms with Crippen LogP contribution in [0.4, 0.5) is 11.7 Å². The molecule has 0 N–H and O–H groups in total. The van der Waals surface area contributed by atoms with E-state index in [-0.39, 0.29) is 0 Å². The van der Waals surface area contributed by atoms with Gasteiger partial charge in [0.1, 0.15) is 12.0 Å². The van der Waals surface area contributed by atoms with E-state index >= 15 is 0 Å². The molecule has 0 aliphatic rings. The second-order valence-corrected chi connectivity index (χ2v) is 3.78. The lowest BCUT2D eigenvalue weighted by Crippen LogP contribution is -2.09. The SMILES string of the molecule is COc1ccc(N(C)c2nc(CCl)co2)cc1. The zero-order valence-electron chi connectivity index (χ0n) is 9.68. The van der Waals surface area contributed by atoms with Crippen LogP contribution in [0.1, 0.15) is 5.69 Å². The van der Waals surface area contributed by atoms with Crippen LogP contribution >= 0.6 is 11.6 Å². The summed E-state index contributed by atoms with van der Waals surface area (Å²) in [6, 6.07) is 8.16.